The highest BCUT2D eigenvalue weighted by Gasteiger charge is 2.21. The van der Waals surface area contributed by atoms with Gasteiger partial charge in [-0.2, -0.15) is 0 Å². The fourth-order valence-corrected chi connectivity index (χ4v) is 1.24. The average molecular weight is 200 g/mol. The molecule has 0 amide bonds. The van der Waals surface area contributed by atoms with Crippen LogP contribution >= 0.6 is 11.8 Å². The fraction of sp³-hybridized carbons (Fsp3) is 0.700. The molecule has 0 aromatic carbocycles. The van der Waals surface area contributed by atoms with Gasteiger partial charge in [0.2, 0.25) is 0 Å². The number of hydrogen-bond donors (Lipinski definition) is 1. The molecule has 0 saturated carbocycles. The highest BCUT2D eigenvalue weighted by molar-refractivity contribution is 8.13. The summed E-state index contributed by atoms with van der Waals surface area (Å²) < 4.78 is 0. The normalized spacial score (nSPS) is 15.5. The van der Waals surface area contributed by atoms with Gasteiger partial charge in [0, 0.05) is 5.41 Å². The maximum absolute atomic E-state index is 5.72. The summed E-state index contributed by atoms with van der Waals surface area (Å²) in [4.78, 5) is 4.40. The highest BCUT2D eigenvalue weighted by Crippen LogP contribution is 2.24. The van der Waals surface area contributed by atoms with Crippen molar-refractivity contribution in [2.24, 2.45) is 16.1 Å². The van der Waals surface area contributed by atoms with Crippen LogP contribution < -0.4 is 5.73 Å². The first-order chi connectivity index (χ1) is 5.94. The number of aliphatic imine (C=N–C) groups is 1. The Hall–Kier alpha value is -0.440. The van der Waals surface area contributed by atoms with Crippen molar-refractivity contribution in [1.29, 1.82) is 0 Å². The van der Waals surface area contributed by atoms with Gasteiger partial charge in [-0.1, -0.05) is 38.6 Å². The molecule has 0 saturated heterocycles. The monoisotopic (exact) mass is 200 g/mol. The molecule has 0 aromatic heterocycles. The molecule has 0 aliphatic carbocycles. The van der Waals surface area contributed by atoms with Gasteiger partial charge in [0.15, 0.2) is 5.17 Å². The second kappa shape index (κ2) is 5.32. The zero-order valence-corrected chi connectivity index (χ0v) is 9.82. The minimum absolute atomic E-state index is 0.0128. The molecule has 2 nitrogen and oxygen atoms in total. The van der Waals surface area contributed by atoms with E-state index in [0.29, 0.717) is 5.17 Å². The number of hydrogen-bond acceptors (Lipinski definition) is 2. The van der Waals surface area contributed by atoms with Gasteiger partial charge in [0.25, 0.3) is 0 Å². The average Bonchev–Trinajstić information content (AvgIpc) is 2.04. The van der Waals surface area contributed by atoms with Gasteiger partial charge >= 0.3 is 0 Å². The van der Waals surface area contributed by atoms with E-state index >= 15 is 0 Å². The van der Waals surface area contributed by atoms with E-state index in [0.717, 1.165) is 5.75 Å². The predicted molar refractivity (Wildman–Crippen MR) is 63.2 cm³/mol. The van der Waals surface area contributed by atoms with E-state index in [1.807, 2.05) is 6.08 Å². The lowest BCUT2D eigenvalue weighted by atomic mass is 9.86. The predicted octanol–water partition coefficient (Wildman–Crippen LogP) is 2.65. The molecule has 0 aliphatic rings. The van der Waals surface area contributed by atoms with Crippen molar-refractivity contribution < 1.29 is 0 Å². The molecular weight excluding hydrogens is 180 g/mol. The van der Waals surface area contributed by atoms with Gasteiger partial charge in [-0.15, -0.1) is 6.58 Å². The number of rotatable bonds is 4. The minimum atomic E-state index is 0.0128. The lowest BCUT2D eigenvalue weighted by Gasteiger charge is -2.24. The number of amidine groups is 1. The fourth-order valence-electron chi connectivity index (χ4n) is 0.713. The molecule has 0 bridgehead atoms. The van der Waals surface area contributed by atoms with Gasteiger partial charge in [-0.25, -0.2) is 0 Å². The maximum Gasteiger partial charge on any atom is 0.154 e. The SMILES string of the molecule is C=CC(C)(C)C(C)N=C(N)SCC. The third-order valence-electron chi connectivity index (χ3n) is 2.22. The molecule has 0 aromatic rings. The summed E-state index contributed by atoms with van der Waals surface area (Å²) in [5.41, 5.74) is 5.73. The van der Waals surface area contributed by atoms with Crippen LogP contribution in [0, 0.1) is 5.41 Å². The third-order valence-corrected chi connectivity index (χ3v) is 2.91. The summed E-state index contributed by atoms with van der Waals surface area (Å²) in [5.74, 6) is 0.969. The van der Waals surface area contributed by atoms with Crippen LogP contribution in [0.4, 0.5) is 0 Å². The van der Waals surface area contributed by atoms with Gasteiger partial charge in [0.05, 0.1) is 6.04 Å². The molecule has 1 atom stereocenters. The standard InChI is InChI=1S/C10H20N2S/c1-6-10(4,5)8(3)12-9(11)13-7-2/h6,8H,1,7H2,2-5H3,(H2,11,12). The zero-order valence-electron chi connectivity index (χ0n) is 9.00. The molecule has 1 unspecified atom stereocenters. The van der Waals surface area contributed by atoms with Crippen molar-refractivity contribution in [1.82, 2.24) is 0 Å². The molecule has 0 spiro atoms. The Labute approximate surface area is 85.7 Å². The summed E-state index contributed by atoms with van der Waals surface area (Å²) in [6.07, 6.45) is 1.92. The molecule has 0 rings (SSSR count). The maximum atomic E-state index is 5.72. The van der Waals surface area contributed by atoms with E-state index < -0.39 is 0 Å². The van der Waals surface area contributed by atoms with Crippen LogP contribution in [-0.2, 0) is 0 Å². The summed E-state index contributed by atoms with van der Waals surface area (Å²) in [6, 6.07) is 0.184. The van der Waals surface area contributed by atoms with Crippen LogP contribution in [0.1, 0.15) is 27.7 Å². The Morgan fingerprint density at radius 2 is 2.23 bits per heavy atom. The Morgan fingerprint density at radius 1 is 1.69 bits per heavy atom. The van der Waals surface area contributed by atoms with Crippen LogP contribution in [0.2, 0.25) is 0 Å². The van der Waals surface area contributed by atoms with Crippen molar-refractivity contribution in [2.75, 3.05) is 5.75 Å². The van der Waals surface area contributed by atoms with Crippen LogP contribution in [0.15, 0.2) is 17.6 Å². The van der Waals surface area contributed by atoms with Gasteiger partial charge in [0.1, 0.15) is 0 Å². The summed E-state index contributed by atoms with van der Waals surface area (Å²) in [6.45, 7) is 12.1. The van der Waals surface area contributed by atoms with Gasteiger partial charge in [-0.3, -0.25) is 4.99 Å². The summed E-state index contributed by atoms with van der Waals surface area (Å²) >= 11 is 1.58. The van der Waals surface area contributed by atoms with Crippen molar-refractivity contribution in [3.8, 4) is 0 Å². The van der Waals surface area contributed by atoms with Gasteiger partial charge in [-0.05, 0) is 12.7 Å². The lowest BCUT2D eigenvalue weighted by Crippen LogP contribution is -2.25. The molecular formula is C10H20N2S. The van der Waals surface area contributed by atoms with Crippen LogP contribution in [0.5, 0.6) is 0 Å². The highest BCUT2D eigenvalue weighted by atomic mass is 32.2. The third kappa shape index (κ3) is 4.36. The minimum Gasteiger partial charge on any atom is -0.379 e. The smallest absolute Gasteiger partial charge is 0.154 e. The zero-order chi connectivity index (χ0) is 10.5. The first-order valence-electron chi connectivity index (χ1n) is 4.53. The number of nitrogens with two attached hydrogens (primary N) is 1. The topological polar surface area (TPSA) is 38.4 Å². The second-order valence-corrected chi connectivity index (χ2v) is 4.89. The molecule has 0 radical (unpaired) electrons. The van der Waals surface area contributed by atoms with Crippen molar-refractivity contribution in [3.05, 3.63) is 12.7 Å². The van der Waals surface area contributed by atoms with Crippen LogP contribution in [-0.4, -0.2) is 17.0 Å². The Bertz CT molecular complexity index is 197. The quantitative estimate of drug-likeness (QED) is 0.430. The molecule has 0 heterocycles. The number of thioether (sulfide) groups is 1. The number of nitrogens with zero attached hydrogens (tertiary/aromatic N) is 1. The van der Waals surface area contributed by atoms with E-state index in [1.54, 1.807) is 11.8 Å². The first kappa shape index (κ1) is 12.6. The van der Waals surface area contributed by atoms with E-state index in [9.17, 15) is 0 Å². The van der Waals surface area contributed by atoms with Crippen molar-refractivity contribution in [3.63, 3.8) is 0 Å². The summed E-state index contributed by atoms with van der Waals surface area (Å²) in [5, 5.41) is 0.671. The van der Waals surface area contributed by atoms with Crippen molar-refractivity contribution >= 4 is 16.9 Å². The van der Waals surface area contributed by atoms with Gasteiger partial charge < -0.3 is 5.73 Å². The molecule has 0 fully saturated rings. The molecule has 3 heteroatoms. The van der Waals surface area contributed by atoms with E-state index in [-0.39, 0.29) is 11.5 Å². The Kier molecular flexibility index (Phi) is 5.14. The van der Waals surface area contributed by atoms with E-state index in [1.165, 1.54) is 0 Å². The first-order valence-corrected chi connectivity index (χ1v) is 5.52. The molecule has 13 heavy (non-hydrogen) atoms. The Balaban J connectivity index is 4.35. The lowest BCUT2D eigenvalue weighted by molar-refractivity contribution is 0.398. The molecule has 0 aliphatic heterocycles. The molecule has 2 N–H and O–H groups in total. The van der Waals surface area contributed by atoms with Crippen LogP contribution in [0.25, 0.3) is 0 Å². The summed E-state index contributed by atoms with van der Waals surface area (Å²) in [7, 11) is 0. The second-order valence-electron chi connectivity index (χ2n) is 3.60. The largest absolute Gasteiger partial charge is 0.379 e. The Morgan fingerprint density at radius 3 is 2.62 bits per heavy atom. The van der Waals surface area contributed by atoms with Crippen molar-refractivity contribution in [2.45, 2.75) is 33.7 Å². The molecule has 76 valence electrons. The van der Waals surface area contributed by atoms with E-state index in [4.69, 9.17) is 5.73 Å². The van der Waals surface area contributed by atoms with E-state index in [2.05, 4.69) is 39.3 Å². The van der Waals surface area contributed by atoms with Crippen LogP contribution in [0.3, 0.4) is 0 Å².